The number of ether oxygens (including phenoxy) is 1. The summed E-state index contributed by atoms with van der Waals surface area (Å²) in [7, 11) is 6.11. The zero-order valence-electron chi connectivity index (χ0n) is 21.6. The Balaban J connectivity index is -0.0000000721. The summed E-state index contributed by atoms with van der Waals surface area (Å²) in [4.78, 5) is 79.2. The van der Waals surface area contributed by atoms with Gasteiger partial charge in [-0.2, -0.15) is 0 Å². The highest BCUT2D eigenvalue weighted by molar-refractivity contribution is 5.97. The van der Waals surface area contributed by atoms with E-state index in [0.29, 0.717) is 0 Å². The molecule has 6 N–H and O–H groups in total. The Morgan fingerprint density at radius 2 is 0.824 bits per heavy atom. The van der Waals surface area contributed by atoms with E-state index in [9.17, 15) is 33.6 Å². The maximum absolute atomic E-state index is 10.3. The molecule has 0 fully saturated rings. The standard InChI is InChI=1S/2C5H9NO2.C4H6O3.C3H7NO.C2H4O2.CH5N/c2*1-4(7)3-5(8)6-2;1-3(5)7-4(2)6;1-3(5)4-2;1-2(3)4;1-2/h2*3H2,1-2H3,(H,6,8);1-2H3;1-2H3,(H,4,5);1H3,(H,3,4);2H2,1H3. The van der Waals surface area contributed by atoms with Crippen LogP contribution in [0.25, 0.3) is 0 Å². The monoisotopic (exact) mass is 496 g/mol. The van der Waals surface area contributed by atoms with Gasteiger partial charge >= 0.3 is 11.9 Å². The lowest BCUT2D eigenvalue weighted by molar-refractivity contribution is -0.156. The van der Waals surface area contributed by atoms with E-state index in [4.69, 9.17) is 9.90 Å². The van der Waals surface area contributed by atoms with Crippen molar-refractivity contribution in [2.75, 3.05) is 28.2 Å². The number of hydrogen-bond donors (Lipinski definition) is 5. The highest BCUT2D eigenvalue weighted by atomic mass is 16.6. The van der Waals surface area contributed by atoms with E-state index in [-0.39, 0.29) is 42.1 Å². The van der Waals surface area contributed by atoms with Gasteiger partial charge in [0.2, 0.25) is 17.7 Å². The molecule has 0 aliphatic heterocycles. The van der Waals surface area contributed by atoms with E-state index in [1.165, 1.54) is 55.8 Å². The van der Waals surface area contributed by atoms with Crippen LogP contribution in [0.5, 0.6) is 0 Å². The van der Waals surface area contributed by atoms with Crippen LogP contribution in [-0.4, -0.2) is 80.5 Å². The second-order valence-corrected chi connectivity index (χ2v) is 5.51. The van der Waals surface area contributed by atoms with Crippen molar-refractivity contribution in [3.8, 4) is 0 Å². The summed E-state index contributed by atoms with van der Waals surface area (Å²) in [6.45, 7) is 7.69. The average Bonchev–Trinajstić information content (AvgIpc) is 2.68. The molecule has 0 aromatic heterocycles. The number of carboxylic acid groups (broad SMARTS) is 1. The van der Waals surface area contributed by atoms with E-state index < -0.39 is 17.9 Å². The third-order valence-electron chi connectivity index (χ3n) is 2.02. The van der Waals surface area contributed by atoms with E-state index in [2.05, 4.69) is 26.4 Å². The van der Waals surface area contributed by atoms with Crippen molar-refractivity contribution in [2.24, 2.45) is 5.73 Å². The SMILES string of the molecule is CC(=O)O.CC(=O)OC(C)=O.CN.CNC(=O)CC(C)=O.CNC(=O)CC(C)=O.CNC(C)=O. The molecule has 0 radical (unpaired) electrons. The van der Waals surface area contributed by atoms with Crippen molar-refractivity contribution in [1.82, 2.24) is 16.0 Å². The third-order valence-corrected chi connectivity index (χ3v) is 2.02. The first kappa shape index (κ1) is 44.1. The lowest BCUT2D eigenvalue weighted by Gasteiger charge is -1.91. The summed E-state index contributed by atoms with van der Waals surface area (Å²) in [5.74, 6) is -2.62. The van der Waals surface area contributed by atoms with Gasteiger partial charge in [-0.25, -0.2) is 0 Å². The molecule has 14 heteroatoms. The molecule has 3 amide bonds. The van der Waals surface area contributed by atoms with Gasteiger partial charge in [0.1, 0.15) is 11.6 Å². The first-order valence-corrected chi connectivity index (χ1v) is 9.51. The van der Waals surface area contributed by atoms with Gasteiger partial charge in [-0.1, -0.05) is 0 Å². The number of carboxylic acids is 1. The molecular weight excluding hydrogens is 456 g/mol. The van der Waals surface area contributed by atoms with Gasteiger partial charge in [0.15, 0.2) is 0 Å². The Morgan fingerprint density at radius 1 is 0.618 bits per heavy atom. The minimum Gasteiger partial charge on any atom is -0.481 e. The van der Waals surface area contributed by atoms with E-state index in [1.54, 1.807) is 7.05 Å². The molecule has 14 nitrogen and oxygen atoms in total. The summed E-state index contributed by atoms with van der Waals surface area (Å²) in [6.07, 6.45) is -0.00694. The van der Waals surface area contributed by atoms with Crippen LogP contribution >= 0.6 is 0 Å². The molecule has 0 heterocycles. The smallest absolute Gasteiger partial charge is 0.310 e. The molecule has 0 rings (SSSR count). The number of esters is 2. The lowest BCUT2D eigenvalue weighted by Crippen LogP contribution is -2.19. The Bertz CT molecular complexity index is 591. The first-order chi connectivity index (χ1) is 15.5. The summed E-state index contributed by atoms with van der Waals surface area (Å²) in [5.41, 5.74) is 4.50. The van der Waals surface area contributed by atoms with E-state index in [1.807, 2.05) is 0 Å². The van der Waals surface area contributed by atoms with Gasteiger partial charge in [-0.3, -0.25) is 38.4 Å². The maximum Gasteiger partial charge on any atom is 0.310 e. The highest BCUT2D eigenvalue weighted by Crippen LogP contribution is 1.78. The lowest BCUT2D eigenvalue weighted by atomic mass is 10.3. The van der Waals surface area contributed by atoms with Crippen LogP contribution in [0.4, 0.5) is 0 Å². The summed E-state index contributed by atoms with van der Waals surface area (Å²) in [6, 6.07) is 0. The summed E-state index contributed by atoms with van der Waals surface area (Å²) in [5, 5.41) is 14.5. The van der Waals surface area contributed by atoms with Crippen molar-refractivity contribution in [3.63, 3.8) is 0 Å². The number of nitrogens with one attached hydrogen (secondary N) is 3. The van der Waals surface area contributed by atoms with Gasteiger partial charge < -0.3 is 31.5 Å². The number of hydrogen-bond acceptors (Lipinski definition) is 10. The maximum atomic E-state index is 10.3. The van der Waals surface area contributed by atoms with Crippen LogP contribution in [0.15, 0.2) is 0 Å². The molecule has 34 heavy (non-hydrogen) atoms. The number of rotatable bonds is 4. The van der Waals surface area contributed by atoms with Crippen molar-refractivity contribution in [1.29, 1.82) is 0 Å². The molecule has 0 saturated heterocycles. The number of aliphatic carboxylic acids is 1. The molecule has 0 aromatic rings. The van der Waals surface area contributed by atoms with Crippen LogP contribution < -0.4 is 21.7 Å². The zero-order valence-corrected chi connectivity index (χ0v) is 21.6. The van der Waals surface area contributed by atoms with Crippen molar-refractivity contribution in [3.05, 3.63) is 0 Å². The van der Waals surface area contributed by atoms with Gasteiger partial charge in [-0.05, 0) is 20.9 Å². The topological polar surface area (TPSA) is 228 Å². The normalized spacial score (nSPS) is 7.38. The number of carbonyl (C=O) groups excluding carboxylic acids is 7. The third kappa shape index (κ3) is 103. The number of ketones is 2. The van der Waals surface area contributed by atoms with Crippen molar-refractivity contribution in [2.45, 2.75) is 54.4 Å². The molecular formula is C20H40N4O10. The quantitative estimate of drug-likeness (QED) is 0.232. The first-order valence-electron chi connectivity index (χ1n) is 9.51. The van der Waals surface area contributed by atoms with Gasteiger partial charge in [0.05, 0.1) is 12.8 Å². The molecule has 0 unspecified atom stereocenters. The summed E-state index contributed by atoms with van der Waals surface area (Å²) < 4.78 is 3.97. The highest BCUT2D eigenvalue weighted by Gasteiger charge is 2.00. The van der Waals surface area contributed by atoms with Crippen LogP contribution in [0, 0.1) is 0 Å². The minimum absolute atomic E-state index is 0.00347. The molecule has 0 aliphatic carbocycles. The fourth-order valence-corrected chi connectivity index (χ4v) is 0.831. The van der Waals surface area contributed by atoms with Gasteiger partial charge in [-0.15, -0.1) is 0 Å². The molecule has 0 spiro atoms. The van der Waals surface area contributed by atoms with Gasteiger partial charge in [0.25, 0.3) is 5.97 Å². The Kier molecular flexibility index (Phi) is 44.0. The van der Waals surface area contributed by atoms with E-state index >= 15 is 0 Å². The molecule has 0 aliphatic rings. The van der Waals surface area contributed by atoms with Crippen LogP contribution in [0.2, 0.25) is 0 Å². The van der Waals surface area contributed by atoms with Crippen molar-refractivity contribution < 1.29 is 48.2 Å². The van der Waals surface area contributed by atoms with Crippen molar-refractivity contribution >= 4 is 47.2 Å². The number of carbonyl (C=O) groups is 8. The van der Waals surface area contributed by atoms with Crippen LogP contribution in [-0.2, 0) is 43.1 Å². The minimum atomic E-state index is -0.833. The largest absolute Gasteiger partial charge is 0.481 e. The Morgan fingerprint density at radius 3 is 0.853 bits per heavy atom. The van der Waals surface area contributed by atoms with Gasteiger partial charge in [0, 0.05) is 48.8 Å². The van der Waals surface area contributed by atoms with Crippen LogP contribution in [0.3, 0.4) is 0 Å². The molecule has 0 aromatic carbocycles. The second kappa shape index (κ2) is 33.9. The summed E-state index contributed by atoms with van der Waals surface area (Å²) >= 11 is 0. The second-order valence-electron chi connectivity index (χ2n) is 5.51. The average molecular weight is 497 g/mol. The molecule has 0 saturated carbocycles. The van der Waals surface area contributed by atoms with Crippen LogP contribution in [0.1, 0.15) is 54.4 Å². The number of Topliss-reactive ketones (excluding diaryl/α,β-unsaturated/α-hetero) is 2. The molecule has 0 bridgehead atoms. The number of amides is 3. The number of nitrogens with two attached hydrogens (primary N) is 1. The Labute approximate surface area is 200 Å². The van der Waals surface area contributed by atoms with E-state index in [0.717, 1.165) is 6.92 Å². The predicted octanol–water partition coefficient (Wildman–Crippen LogP) is -1.06. The fraction of sp³-hybridized carbons (Fsp3) is 0.600. The molecule has 0 atom stereocenters. The predicted molar refractivity (Wildman–Crippen MR) is 124 cm³/mol. The molecule has 200 valence electrons. The zero-order chi connectivity index (χ0) is 28.9. The fourth-order valence-electron chi connectivity index (χ4n) is 0.831. The Hall–Kier alpha value is -3.68.